The van der Waals surface area contributed by atoms with Crippen molar-refractivity contribution >= 4 is 11.7 Å². The summed E-state index contributed by atoms with van der Waals surface area (Å²) in [6.07, 6.45) is 3.46. The second kappa shape index (κ2) is 5.92. The van der Waals surface area contributed by atoms with E-state index in [4.69, 9.17) is 5.84 Å². The van der Waals surface area contributed by atoms with Crippen LogP contribution in [0.15, 0.2) is 36.7 Å². The highest BCUT2D eigenvalue weighted by molar-refractivity contribution is 5.92. The highest BCUT2D eigenvalue weighted by atomic mass is 16.1. The number of hydrogen-bond donors (Lipinski definition) is 3. The minimum atomic E-state index is -0.242. The molecule has 2 rings (SSSR count). The molecule has 0 saturated carbocycles. The lowest BCUT2D eigenvalue weighted by Gasteiger charge is -2.07. The summed E-state index contributed by atoms with van der Waals surface area (Å²) in [5.41, 5.74) is 4.79. The maximum atomic E-state index is 11.9. The van der Waals surface area contributed by atoms with E-state index < -0.39 is 0 Å². The third-order valence-electron chi connectivity index (χ3n) is 2.71. The fourth-order valence-electron chi connectivity index (χ4n) is 1.61. The summed E-state index contributed by atoms with van der Waals surface area (Å²) in [6, 6.07) is 6.91. The van der Waals surface area contributed by atoms with E-state index in [0.29, 0.717) is 18.1 Å². The Balaban J connectivity index is 2.03. The minimum Gasteiger partial charge on any atom is -0.347 e. The second-order valence-electron chi connectivity index (χ2n) is 4.04. The molecule has 2 heterocycles. The van der Waals surface area contributed by atoms with Crippen molar-refractivity contribution in [1.29, 1.82) is 0 Å². The average molecular weight is 257 g/mol. The molecule has 1 amide bonds. The van der Waals surface area contributed by atoms with Crippen molar-refractivity contribution in [1.82, 2.24) is 15.3 Å². The molecule has 0 aliphatic carbocycles. The van der Waals surface area contributed by atoms with Crippen LogP contribution in [0.4, 0.5) is 5.82 Å². The SMILES string of the molecule is Cc1cnccc1CNC(=O)c1cccc(NN)n1. The van der Waals surface area contributed by atoms with Crippen molar-refractivity contribution < 1.29 is 4.79 Å². The zero-order valence-electron chi connectivity index (χ0n) is 10.6. The van der Waals surface area contributed by atoms with Gasteiger partial charge in [0.15, 0.2) is 0 Å². The Kier molecular flexibility index (Phi) is 4.04. The monoisotopic (exact) mass is 257 g/mol. The maximum absolute atomic E-state index is 11.9. The molecular formula is C13H15N5O. The van der Waals surface area contributed by atoms with Crippen LogP contribution in [0.25, 0.3) is 0 Å². The molecule has 6 nitrogen and oxygen atoms in total. The summed E-state index contributed by atoms with van der Waals surface area (Å²) in [5.74, 6) is 5.46. The zero-order chi connectivity index (χ0) is 13.7. The Morgan fingerprint density at radius 1 is 1.37 bits per heavy atom. The van der Waals surface area contributed by atoms with E-state index in [9.17, 15) is 4.79 Å². The number of hydrogen-bond acceptors (Lipinski definition) is 5. The second-order valence-corrected chi connectivity index (χ2v) is 4.04. The molecule has 0 spiro atoms. The Labute approximate surface area is 111 Å². The summed E-state index contributed by atoms with van der Waals surface area (Å²) in [6.45, 7) is 2.39. The van der Waals surface area contributed by atoms with Crippen molar-refractivity contribution in [2.75, 3.05) is 5.43 Å². The lowest BCUT2D eigenvalue weighted by molar-refractivity contribution is 0.0946. The van der Waals surface area contributed by atoms with Crippen LogP contribution in [-0.2, 0) is 6.54 Å². The van der Waals surface area contributed by atoms with Gasteiger partial charge in [-0.05, 0) is 36.2 Å². The lowest BCUT2D eigenvalue weighted by atomic mass is 10.1. The third kappa shape index (κ3) is 3.26. The van der Waals surface area contributed by atoms with Gasteiger partial charge in [-0.3, -0.25) is 9.78 Å². The lowest BCUT2D eigenvalue weighted by Crippen LogP contribution is -2.24. The van der Waals surface area contributed by atoms with Crippen LogP contribution >= 0.6 is 0 Å². The number of rotatable bonds is 4. The molecule has 0 fully saturated rings. The van der Waals surface area contributed by atoms with Gasteiger partial charge in [0.05, 0.1) is 0 Å². The number of aryl methyl sites for hydroxylation is 1. The number of pyridine rings is 2. The van der Waals surface area contributed by atoms with Crippen LogP contribution in [0.2, 0.25) is 0 Å². The number of nitrogen functional groups attached to an aromatic ring is 1. The van der Waals surface area contributed by atoms with Gasteiger partial charge in [0.2, 0.25) is 0 Å². The highest BCUT2D eigenvalue weighted by Crippen LogP contribution is 2.06. The molecule has 0 saturated heterocycles. The van der Waals surface area contributed by atoms with Crippen molar-refractivity contribution in [3.63, 3.8) is 0 Å². The molecule has 0 atom stereocenters. The van der Waals surface area contributed by atoms with E-state index in [0.717, 1.165) is 11.1 Å². The quantitative estimate of drug-likeness (QED) is 0.561. The van der Waals surface area contributed by atoms with Gasteiger partial charge < -0.3 is 10.7 Å². The molecule has 0 radical (unpaired) electrons. The van der Waals surface area contributed by atoms with Gasteiger partial charge in [0, 0.05) is 18.9 Å². The van der Waals surface area contributed by atoms with Crippen molar-refractivity contribution in [2.24, 2.45) is 5.84 Å². The smallest absolute Gasteiger partial charge is 0.270 e. The Hall–Kier alpha value is -2.47. The molecule has 4 N–H and O–H groups in total. The van der Waals surface area contributed by atoms with E-state index >= 15 is 0 Å². The fraction of sp³-hybridized carbons (Fsp3) is 0.154. The Morgan fingerprint density at radius 2 is 2.21 bits per heavy atom. The topological polar surface area (TPSA) is 92.9 Å². The largest absolute Gasteiger partial charge is 0.347 e. The maximum Gasteiger partial charge on any atom is 0.270 e. The number of anilines is 1. The van der Waals surface area contributed by atoms with Crippen LogP contribution in [0.1, 0.15) is 21.6 Å². The molecule has 0 aliphatic rings. The fourth-order valence-corrected chi connectivity index (χ4v) is 1.61. The van der Waals surface area contributed by atoms with Crippen molar-refractivity contribution in [2.45, 2.75) is 13.5 Å². The van der Waals surface area contributed by atoms with Crippen LogP contribution in [0.3, 0.4) is 0 Å². The Bertz CT molecular complexity index is 585. The average Bonchev–Trinajstić information content (AvgIpc) is 2.46. The van der Waals surface area contributed by atoms with Gasteiger partial charge in [0.25, 0.3) is 5.91 Å². The normalized spacial score (nSPS) is 10.0. The van der Waals surface area contributed by atoms with Gasteiger partial charge in [-0.2, -0.15) is 0 Å². The van der Waals surface area contributed by atoms with Gasteiger partial charge in [-0.1, -0.05) is 6.07 Å². The standard InChI is InChI=1S/C13H15N5O/c1-9-7-15-6-5-10(9)8-16-13(19)11-3-2-4-12(17-11)18-14/h2-7H,8,14H2,1H3,(H,16,19)(H,17,18). The van der Waals surface area contributed by atoms with Gasteiger partial charge in [-0.25, -0.2) is 10.8 Å². The summed E-state index contributed by atoms with van der Waals surface area (Å²) in [5, 5.41) is 2.81. The first kappa shape index (κ1) is 13.0. The molecule has 0 unspecified atom stereocenters. The third-order valence-corrected chi connectivity index (χ3v) is 2.71. The summed E-state index contributed by atoms with van der Waals surface area (Å²) in [7, 11) is 0. The summed E-state index contributed by atoms with van der Waals surface area (Å²) < 4.78 is 0. The van der Waals surface area contributed by atoms with E-state index in [1.54, 1.807) is 30.6 Å². The van der Waals surface area contributed by atoms with E-state index in [1.807, 2.05) is 13.0 Å². The first-order chi connectivity index (χ1) is 9.20. The predicted molar refractivity (Wildman–Crippen MR) is 72.2 cm³/mol. The van der Waals surface area contributed by atoms with Crippen LogP contribution in [-0.4, -0.2) is 15.9 Å². The number of nitrogens with zero attached hydrogens (tertiary/aromatic N) is 2. The van der Waals surface area contributed by atoms with Crippen molar-refractivity contribution in [3.8, 4) is 0 Å². The minimum absolute atomic E-state index is 0.242. The van der Waals surface area contributed by atoms with Crippen LogP contribution < -0.4 is 16.6 Å². The van der Waals surface area contributed by atoms with Crippen LogP contribution in [0.5, 0.6) is 0 Å². The molecule has 2 aromatic heterocycles. The molecule has 19 heavy (non-hydrogen) atoms. The van der Waals surface area contributed by atoms with E-state index in [-0.39, 0.29) is 5.91 Å². The number of carbonyl (C=O) groups excluding carboxylic acids is 1. The molecule has 0 bridgehead atoms. The summed E-state index contributed by atoms with van der Waals surface area (Å²) in [4.78, 5) is 20.0. The number of amides is 1. The summed E-state index contributed by atoms with van der Waals surface area (Å²) >= 11 is 0. The zero-order valence-corrected chi connectivity index (χ0v) is 10.6. The van der Waals surface area contributed by atoms with Crippen LogP contribution in [0, 0.1) is 6.92 Å². The number of nitrogens with two attached hydrogens (primary N) is 1. The van der Waals surface area contributed by atoms with Gasteiger partial charge >= 0.3 is 0 Å². The number of hydrazine groups is 1. The Morgan fingerprint density at radius 3 is 2.95 bits per heavy atom. The molecule has 2 aromatic rings. The van der Waals surface area contributed by atoms with Gasteiger partial charge in [0.1, 0.15) is 11.5 Å². The first-order valence-electron chi connectivity index (χ1n) is 5.82. The molecule has 6 heteroatoms. The number of nitrogens with one attached hydrogen (secondary N) is 2. The van der Waals surface area contributed by atoms with E-state index in [2.05, 4.69) is 20.7 Å². The molecule has 98 valence electrons. The van der Waals surface area contributed by atoms with Gasteiger partial charge in [-0.15, -0.1) is 0 Å². The molecule has 0 aromatic carbocycles. The predicted octanol–water partition coefficient (Wildman–Crippen LogP) is 1.00. The van der Waals surface area contributed by atoms with Crippen molar-refractivity contribution in [3.05, 3.63) is 53.5 Å². The first-order valence-corrected chi connectivity index (χ1v) is 5.82. The number of aromatic nitrogens is 2. The van der Waals surface area contributed by atoms with E-state index in [1.165, 1.54) is 0 Å². The highest BCUT2D eigenvalue weighted by Gasteiger charge is 2.08. The number of carbonyl (C=O) groups is 1. The molecule has 0 aliphatic heterocycles. The molecular weight excluding hydrogens is 242 g/mol.